The van der Waals surface area contributed by atoms with E-state index >= 15 is 0 Å². The van der Waals surface area contributed by atoms with E-state index in [2.05, 4.69) is 185 Å². The van der Waals surface area contributed by atoms with Crippen molar-refractivity contribution in [2.24, 2.45) is 0 Å². The molecule has 242 valence electrons. The lowest BCUT2D eigenvalue weighted by molar-refractivity contribution is 1.18. The molecule has 52 heavy (non-hydrogen) atoms. The number of fused-ring (bicyclic) bond motifs is 12. The van der Waals surface area contributed by atoms with E-state index in [4.69, 9.17) is 9.97 Å². The molecule has 4 heteroatoms. The second-order valence-corrected chi connectivity index (χ2v) is 13.4. The van der Waals surface area contributed by atoms with Crippen molar-refractivity contribution >= 4 is 60.2 Å². The third-order valence-electron chi connectivity index (χ3n) is 10.5. The second-order valence-electron chi connectivity index (χ2n) is 13.4. The Morgan fingerprint density at radius 2 is 1.00 bits per heavy atom. The Labute approximate surface area is 299 Å². The molecule has 0 aliphatic carbocycles. The van der Waals surface area contributed by atoms with Gasteiger partial charge in [-0.15, -0.1) is 0 Å². The Balaban J connectivity index is 1.23. The summed E-state index contributed by atoms with van der Waals surface area (Å²) in [6.45, 7) is 0. The van der Waals surface area contributed by atoms with Crippen LogP contribution < -0.4 is 0 Å². The van der Waals surface area contributed by atoms with Crippen LogP contribution in [-0.2, 0) is 0 Å². The number of benzene rings is 7. The number of hydrogen-bond donors (Lipinski definition) is 0. The number of aromatic nitrogens is 4. The van der Waals surface area contributed by atoms with Crippen molar-refractivity contribution < 1.29 is 0 Å². The van der Waals surface area contributed by atoms with Gasteiger partial charge in [-0.3, -0.25) is 4.40 Å². The maximum absolute atomic E-state index is 5.28. The Morgan fingerprint density at radius 3 is 1.81 bits per heavy atom. The molecule has 0 unspecified atom stereocenters. The lowest BCUT2D eigenvalue weighted by Gasteiger charge is -2.15. The molecule has 0 fully saturated rings. The van der Waals surface area contributed by atoms with E-state index in [-0.39, 0.29) is 0 Å². The van der Waals surface area contributed by atoms with Crippen LogP contribution in [0.1, 0.15) is 0 Å². The standard InChI is InChI=1S/C48H30N4/c1-3-14-31(15-4-1)34-29-41(32-16-5-2-6-17-32)49-42(30-34)33-18-13-19-35(28-33)51-43-24-11-9-20-36(43)38-26-27-45-46(47(38)51)37-21-7-8-22-39(37)48-50-40-23-10-12-25-44(40)52(45)48/h1-30H. The fourth-order valence-corrected chi connectivity index (χ4v) is 8.15. The van der Waals surface area contributed by atoms with E-state index < -0.39 is 0 Å². The topological polar surface area (TPSA) is 35.1 Å². The van der Waals surface area contributed by atoms with Crippen LogP contribution in [0.4, 0.5) is 0 Å². The molecule has 0 atom stereocenters. The van der Waals surface area contributed by atoms with E-state index in [0.29, 0.717) is 0 Å². The molecule has 0 aliphatic heterocycles. The van der Waals surface area contributed by atoms with Gasteiger partial charge in [0.1, 0.15) is 5.65 Å². The molecule has 4 nitrogen and oxygen atoms in total. The Morgan fingerprint density at radius 1 is 0.365 bits per heavy atom. The zero-order valence-corrected chi connectivity index (χ0v) is 28.1. The summed E-state index contributed by atoms with van der Waals surface area (Å²) < 4.78 is 4.79. The maximum atomic E-state index is 5.28. The molecule has 7 aromatic carbocycles. The van der Waals surface area contributed by atoms with Crippen molar-refractivity contribution in [1.82, 2.24) is 18.9 Å². The van der Waals surface area contributed by atoms with E-state index in [1.54, 1.807) is 0 Å². The van der Waals surface area contributed by atoms with Crippen LogP contribution in [0.15, 0.2) is 182 Å². The van der Waals surface area contributed by atoms with Crippen molar-refractivity contribution in [1.29, 1.82) is 0 Å². The van der Waals surface area contributed by atoms with Crippen molar-refractivity contribution in [3.8, 4) is 39.3 Å². The van der Waals surface area contributed by atoms with Crippen molar-refractivity contribution in [3.05, 3.63) is 182 Å². The summed E-state index contributed by atoms with van der Waals surface area (Å²) >= 11 is 0. The van der Waals surface area contributed by atoms with Crippen molar-refractivity contribution in [2.75, 3.05) is 0 Å². The minimum atomic E-state index is 0.935. The van der Waals surface area contributed by atoms with Gasteiger partial charge in [-0.2, -0.15) is 0 Å². The Kier molecular flexibility index (Phi) is 6.22. The largest absolute Gasteiger partial charge is 0.309 e. The molecule has 0 aliphatic rings. The molecule has 0 saturated carbocycles. The summed E-state index contributed by atoms with van der Waals surface area (Å²) in [7, 11) is 0. The van der Waals surface area contributed by atoms with Crippen LogP contribution in [0.5, 0.6) is 0 Å². The molecule has 4 aromatic heterocycles. The zero-order chi connectivity index (χ0) is 34.2. The fraction of sp³-hybridized carbons (Fsp3) is 0. The molecule has 0 saturated heterocycles. The molecule has 0 N–H and O–H groups in total. The number of pyridine rings is 2. The highest BCUT2D eigenvalue weighted by Crippen LogP contribution is 2.42. The van der Waals surface area contributed by atoms with Crippen LogP contribution in [0.3, 0.4) is 0 Å². The summed E-state index contributed by atoms with van der Waals surface area (Å²) in [6, 6.07) is 64.8. The molecular weight excluding hydrogens is 633 g/mol. The van der Waals surface area contributed by atoms with Gasteiger partial charge in [0.15, 0.2) is 0 Å². The van der Waals surface area contributed by atoms with Crippen LogP contribution in [0, 0.1) is 0 Å². The molecule has 0 radical (unpaired) electrons. The number of nitrogens with zero attached hydrogens (tertiary/aromatic N) is 4. The zero-order valence-electron chi connectivity index (χ0n) is 28.1. The van der Waals surface area contributed by atoms with Crippen LogP contribution in [-0.4, -0.2) is 18.9 Å². The summed E-state index contributed by atoms with van der Waals surface area (Å²) in [4.78, 5) is 10.4. The third kappa shape index (κ3) is 4.28. The van der Waals surface area contributed by atoms with Crippen LogP contribution in [0.2, 0.25) is 0 Å². The van der Waals surface area contributed by atoms with E-state index in [0.717, 1.165) is 66.9 Å². The van der Waals surface area contributed by atoms with Gasteiger partial charge >= 0.3 is 0 Å². The number of imidazole rings is 1. The first kappa shape index (κ1) is 28.8. The molecule has 11 aromatic rings. The lowest BCUT2D eigenvalue weighted by Crippen LogP contribution is -1.98. The fourth-order valence-electron chi connectivity index (χ4n) is 8.15. The summed E-state index contributed by atoms with van der Waals surface area (Å²) in [5.74, 6) is 0. The van der Waals surface area contributed by atoms with Crippen LogP contribution in [0.25, 0.3) is 99.5 Å². The quantitative estimate of drug-likeness (QED) is 0.176. The average Bonchev–Trinajstić information content (AvgIpc) is 3.78. The summed E-state index contributed by atoms with van der Waals surface area (Å²) in [5, 5.41) is 5.98. The Hall–Kier alpha value is -7.04. The van der Waals surface area contributed by atoms with Gasteiger partial charge in [-0.25, -0.2) is 9.97 Å². The predicted octanol–water partition coefficient (Wildman–Crippen LogP) is 12.3. The smallest absolute Gasteiger partial charge is 0.146 e. The first-order valence-corrected chi connectivity index (χ1v) is 17.7. The molecule has 0 spiro atoms. The van der Waals surface area contributed by atoms with E-state index in [9.17, 15) is 0 Å². The van der Waals surface area contributed by atoms with Crippen LogP contribution >= 0.6 is 0 Å². The van der Waals surface area contributed by atoms with Gasteiger partial charge < -0.3 is 4.57 Å². The number of hydrogen-bond acceptors (Lipinski definition) is 2. The number of para-hydroxylation sites is 3. The lowest BCUT2D eigenvalue weighted by atomic mass is 10.00. The van der Waals surface area contributed by atoms with Gasteiger partial charge in [0, 0.05) is 38.4 Å². The second kappa shape index (κ2) is 11.2. The van der Waals surface area contributed by atoms with Gasteiger partial charge in [0.25, 0.3) is 0 Å². The van der Waals surface area contributed by atoms with Crippen molar-refractivity contribution in [2.45, 2.75) is 0 Å². The van der Waals surface area contributed by atoms with Gasteiger partial charge in [0.2, 0.25) is 0 Å². The predicted molar refractivity (Wildman–Crippen MR) is 216 cm³/mol. The third-order valence-corrected chi connectivity index (χ3v) is 10.5. The highest BCUT2D eigenvalue weighted by molar-refractivity contribution is 6.27. The summed E-state index contributed by atoms with van der Waals surface area (Å²) in [5.41, 5.74) is 14.0. The highest BCUT2D eigenvalue weighted by Gasteiger charge is 2.21. The normalized spacial score (nSPS) is 11.8. The first-order valence-electron chi connectivity index (χ1n) is 17.7. The van der Waals surface area contributed by atoms with Gasteiger partial charge in [-0.1, -0.05) is 133 Å². The molecule has 4 heterocycles. The maximum Gasteiger partial charge on any atom is 0.146 e. The molecular formula is C48H30N4. The average molecular weight is 663 g/mol. The first-order chi connectivity index (χ1) is 25.8. The summed E-state index contributed by atoms with van der Waals surface area (Å²) in [6.07, 6.45) is 0. The van der Waals surface area contributed by atoms with Crippen molar-refractivity contribution in [3.63, 3.8) is 0 Å². The van der Waals surface area contributed by atoms with Gasteiger partial charge in [-0.05, 0) is 65.0 Å². The minimum absolute atomic E-state index is 0.935. The number of rotatable bonds is 4. The SMILES string of the molecule is c1ccc(-c2cc(-c3ccccc3)nc(-c3cccc(-n4c5ccccc5c5ccc6c(c7ccccc7c7nc8ccccc8n67)c54)c3)c2)cc1. The van der Waals surface area contributed by atoms with E-state index in [1.165, 1.54) is 32.6 Å². The Bertz CT molecular complexity index is 3110. The molecule has 0 bridgehead atoms. The molecule has 11 rings (SSSR count). The minimum Gasteiger partial charge on any atom is -0.309 e. The monoisotopic (exact) mass is 662 g/mol. The van der Waals surface area contributed by atoms with E-state index in [1.807, 2.05) is 6.07 Å². The highest BCUT2D eigenvalue weighted by atomic mass is 15.0. The molecule has 0 amide bonds. The van der Waals surface area contributed by atoms with Gasteiger partial charge in [0.05, 0.1) is 39.0 Å².